The first-order valence-electron chi connectivity index (χ1n) is 6.70. The smallest absolute Gasteiger partial charge is 0.252 e. The van der Waals surface area contributed by atoms with Crippen LogP contribution in [0.3, 0.4) is 0 Å². The summed E-state index contributed by atoms with van der Waals surface area (Å²) >= 11 is 6.11. The molecule has 0 atom stereocenters. The summed E-state index contributed by atoms with van der Waals surface area (Å²) in [6.45, 7) is 3.36. The number of rotatable bonds is 5. The van der Waals surface area contributed by atoms with E-state index in [9.17, 15) is 4.79 Å². The number of carbonyl (C=O) groups is 1. The van der Waals surface area contributed by atoms with Crippen molar-refractivity contribution in [2.75, 3.05) is 17.2 Å². The van der Waals surface area contributed by atoms with E-state index in [0.717, 1.165) is 17.8 Å². The Bertz CT molecular complexity index is 658. The van der Waals surface area contributed by atoms with E-state index in [2.05, 4.69) is 0 Å². The number of primary amides is 1. The monoisotopic (exact) mass is 303 g/mol. The van der Waals surface area contributed by atoms with Crippen molar-refractivity contribution < 1.29 is 4.79 Å². The zero-order valence-corrected chi connectivity index (χ0v) is 12.6. The predicted molar refractivity (Wildman–Crippen MR) is 87.5 cm³/mol. The van der Waals surface area contributed by atoms with Crippen molar-refractivity contribution in [3.63, 3.8) is 0 Å². The molecule has 110 valence electrons. The molecule has 0 unspecified atom stereocenters. The van der Waals surface area contributed by atoms with Gasteiger partial charge in [0.2, 0.25) is 0 Å². The van der Waals surface area contributed by atoms with Crippen molar-refractivity contribution in [1.82, 2.24) is 0 Å². The number of anilines is 2. The topological polar surface area (TPSA) is 72.3 Å². The largest absolute Gasteiger partial charge is 0.399 e. The van der Waals surface area contributed by atoms with Crippen LogP contribution in [0.15, 0.2) is 42.5 Å². The molecule has 21 heavy (non-hydrogen) atoms. The molecule has 2 aromatic carbocycles. The van der Waals surface area contributed by atoms with Gasteiger partial charge in [-0.1, -0.05) is 29.8 Å². The summed E-state index contributed by atoms with van der Waals surface area (Å²) in [7, 11) is 0. The first kappa shape index (κ1) is 15.2. The fourth-order valence-electron chi connectivity index (χ4n) is 2.30. The van der Waals surface area contributed by atoms with Crippen LogP contribution in [-0.4, -0.2) is 12.5 Å². The second kappa shape index (κ2) is 6.50. The number of halogens is 1. The molecular weight excluding hydrogens is 286 g/mol. The Morgan fingerprint density at radius 3 is 2.57 bits per heavy atom. The van der Waals surface area contributed by atoms with Crippen LogP contribution >= 0.6 is 11.6 Å². The molecule has 0 spiro atoms. The van der Waals surface area contributed by atoms with E-state index < -0.39 is 5.91 Å². The van der Waals surface area contributed by atoms with E-state index >= 15 is 0 Å². The summed E-state index contributed by atoms with van der Waals surface area (Å²) in [5, 5.41) is 0.367. The minimum Gasteiger partial charge on any atom is -0.399 e. The van der Waals surface area contributed by atoms with E-state index in [1.54, 1.807) is 6.07 Å². The molecule has 0 aliphatic heterocycles. The number of amides is 1. The lowest BCUT2D eigenvalue weighted by Crippen LogP contribution is -2.26. The third-order valence-corrected chi connectivity index (χ3v) is 3.60. The molecule has 4 N–H and O–H groups in total. The first-order chi connectivity index (χ1) is 10.0. The molecule has 0 saturated carbocycles. The minimum absolute atomic E-state index is 0.352. The Labute approximate surface area is 129 Å². The number of hydrogen-bond acceptors (Lipinski definition) is 3. The van der Waals surface area contributed by atoms with Crippen LogP contribution in [0, 0.1) is 0 Å². The summed E-state index contributed by atoms with van der Waals surface area (Å²) in [5.41, 5.74) is 14.1. The molecule has 2 aromatic rings. The molecule has 0 bridgehead atoms. The highest BCUT2D eigenvalue weighted by atomic mass is 35.5. The highest BCUT2D eigenvalue weighted by Gasteiger charge is 2.17. The van der Waals surface area contributed by atoms with E-state index in [4.69, 9.17) is 23.1 Å². The van der Waals surface area contributed by atoms with Crippen LogP contribution in [0.5, 0.6) is 0 Å². The minimum atomic E-state index is -0.526. The van der Waals surface area contributed by atoms with Crippen molar-refractivity contribution in [3.8, 4) is 0 Å². The highest BCUT2D eigenvalue weighted by molar-refractivity contribution is 6.34. The van der Waals surface area contributed by atoms with Gasteiger partial charge in [0.25, 0.3) is 5.91 Å². The first-order valence-corrected chi connectivity index (χ1v) is 7.08. The van der Waals surface area contributed by atoms with Crippen LogP contribution < -0.4 is 16.4 Å². The van der Waals surface area contributed by atoms with Gasteiger partial charge in [0.15, 0.2) is 0 Å². The normalized spacial score (nSPS) is 10.4. The van der Waals surface area contributed by atoms with Crippen molar-refractivity contribution in [3.05, 3.63) is 58.6 Å². The summed E-state index contributed by atoms with van der Waals surface area (Å²) < 4.78 is 0. The number of carbonyl (C=O) groups excluding carboxylic acids is 1. The molecule has 0 heterocycles. The zero-order valence-electron chi connectivity index (χ0n) is 11.8. The summed E-state index contributed by atoms with van der Waals surface area (Å²) in [6.07, 6.45) is 0. The van der Waals surface area contributed by atoms with Crippen molar-refractivity contribution >= 4 is 28.9 Å². The molecule has 0 radical (unpaired) electrons. The van der Waals surface area contributed by atoms with Gasteiger partial charge in [-0.05, 0) is 36.8 Å². The molecule has 0 aromatic heterocycles. The maximum atomic E-state index is 11.7. The molecule has 0 fully saturated rings. The number of benzene rings is 2. The van der Waals surface area contributed by atoms with E-state index in [1.807, 2.05) is 48.2 Å². The van der Waals surface area contributed by atoms with Crippen LogP contribution in [0.2, 0.25) is 5.02 Å². The van der Waals surface area contributed by atoms with Gasteiger partial charge in [0.1, 0.15) is 0 Å². The lowest BCUT2D eigenvalue weighted by Gasteiger charge is -2.25. The molecule has 0 saturated heterocycles. The third-order valence-electron chi connectivity index (χ3n) is 3.28. The van der Waals surface area contributed by atoms with Crippen molar-refractivity contribution in [2.24, 2.45) is 5.73 Å². The second-order valence-electron chi connectivity index (χ2n) is 4.76. The average Bonchev–Trinajstić information content (AvgIpc) is 2.44. The fourth-order valence-corrected chi connectivity index (χ4v) is 2.56. The average molecular weight is 304 g/mol. The van der Waals surface area contributed by atoms with Crippen molar-refractivity contribution in [2.45, 2.75) is 13.5 Å². The van der Waals surface area contributed by atoms with Gasteiger partial charge in [-0.2, -0.15) is 0 Å². The van der Waals surface area contributed by atoms with Gasteiger partial charge < -0.3 is 16.4 Å². The van der Waals surface area contributed by atoms with E-state index in [-0.39, 0.29) is 0 Å². The van der Waals surface area contributed by atoms with Gasteiger partial charge in [-0.15, -0.1) is 0 Å². The van der Waals surface area contributed by atoms with Gasteiger partial charge in [-0.25, -0.2) is 0 Å². The lowest BCUT2D eigenvalue weighted by molar-refractivity contribution is 0.100. The van der Waals surface area contributed by atoms with Gasteiger partial charge in [0.05, 0.1) is 16.3 Å². The number of nitrogens with zero attached hydrogens (tertiary/aromatic N) is 1. The quantitative estimate of drug-likeness (QED) is 0.834. The maximum absolute atomic E-state index is 11.7. The van der Waals surface area contributed by atoms with E-state index in [1.165, 1.54) is 0 Å². The zero-order chi connectivity index (χ0) is 15.4. The predicted octanol–water partition coefficient (Wildman–Crippen LogP) is 3.05. The number of nitrogens with two attached hydrogens (primary N) is 2. The molecule has 4 nitrogen and oxygen atoms in total. The van der Waals surface area contributed by atoms with Crippen LogP contribution in [0.4, 0.5) is 11.4 Å². The molecule has 2 rings (SSSR count). The van der Waals surface area contributed by atoms with Gasteiger partial charge in [0, 0.05) is 18.8 Å². The Hall–Kier alpha value is -2.20. The summed E-state index contributed by atoms with van der Waals surface area (Å²) in [5.74, 6) is -0.526. The van der Waals surface area contributed by atoms with Crippen molar-refractivity contribution in [1.29, 1.82) is 0 Å². The highest BCUT2D eigenvalue weighted by Crippen LogP contribution is 2.28. The van der Waals surface area contributed by atoms with Gasteiger partial charge in [-0.3, -0.25) is 4.79 Å². The Morgan fingerprint density at radius 1 is 1.24 bits per heavy atom. The van der Waals surface area contributed by atoms with Gasteiger partial charge >= 0.3 is 0 Å². The SMILES string of the molecule is CCN(Cc1cccc(N)c1)c1cccc(Cl)c1C(N)=O. The molecule has 1 amide bonds. The third kappa shape index (κ3) is 3.47. The van der Waals surface area contributed by atoms with Crippen LogP contribution in [0.25, 0.3) is 0 Å². The van der Waals surface area contributed by atoms with E-state index in [0.29, 0.717) is 22.8 Å². The standard InChI is InChI=1S/C16H18ClN3O/c1-2-20(10-11-5-3-6-12(18)9-11)14-8-4-7-13(17)15(14)16(19)21/h3-9H,2,10,18H2,1H3,(H2,19,21). The van der Waals surface area contributed by atoms with Crippen LogP contribution in [-0.2, 0) is 6.54 Å². The molecule has 0 aliphatic rings. The number of hydrogen-bond donors (Lipinski definition) is 2. The molecular formula is C16H18ClN3O. The summed E-state index contributed by atoms with van der Waals surface area (Å²) in [6, 6.07) is 13.0. The number of nitrogen functional groups attached to an aromatic ring is 1. The Morgan fingerprint density at radius 2 is 1.95 bits per heavy atom. The Balaban J connectivity index is 2.38. The Kier molecular flexibility index (Phi) is 4.70. The fraction of sp³-hybridized carbons (Fsp3) is 0.188. The lowest BCUT2D eigenvalue weighted by atomic mass is 10.1. The second-order valence-corrected chi connectivity index (χ2v) is 5.16. The maximum Gasteiger partial charge on any atom is 0.252 e. The molecule has 5 heteroatoms. The molecule has 0 aliphatic carbocycles. The summed E-state index contributed by atoms with van der Waals surface area (Å²) in [4.78, 5) is 13.7. The van der Waals surface area contributed by atoms with Crippen LogP contribution in [0.1, 0.15) is 22.8 Å².